The van der Waals surface area contributed by atoms with E-state index < -0.39 is 11.5 Å². The highest BCUT2D eigenvalue weighted by atomic mass is 32.1. The molecule has 5 nitrogen and oxygen atoms in total. The van der Waals surface area contributed by atoms with Gasteiger partial charge in [0.2, 0.25) is 0 Å². The van der Waals surface area contributed by atoms with Crippen molar-refractivity contribution in [3.05, 3.63) is 52.6 Å². The predicted octanol–water partition coefficient (Wildman–Crippen LogP) is 4.38. The van der Waals surface area contributed by atoms with Crippen molar-refractivity contribution in [2.45, 2.75) is 46.1 Å². The summed E-state index contributed by atoms with van der Waals surface area (Å²) in [5.41, 5.74) is -0.263. The van der Waals surface area contributed by atoms with Gasteiger partial charge in [-0.05, 0) is 38.8 Å². The Labute approximate surface area is 162 Å². The van der Waals surface area contributed by atoms with Gasteiger partial charge in [-0.2, -0.15) is 0 Å². The van der Waals surface area contributed by atoms with Crippen molar-refractivity contribution in [1.29, 1.82) is 0 Å². The molecule has 3 aromatic rings. The number of carbonyl (C=O) groups is 1. The van der Waals surface area contributed by atoms with Crippen LogP contribution < -0.4 is 5.56 Å². The molecule has 0 spiro atoms. The average molecular weight is 385 g/mol. The molecule has 27 heavy (non-hydrogen) atoms. The van der Waals surface area contributed by atoms with Crippen molar-refractivity contribution in [3.63, 3.8) is 0 Å². The molecule has 0 aliphatic rings. The molecule has 0 N–H and O–H groups in total. The number of benzene rings is 1. The molecule has 6 heteroatoms. The fourth-order valence-corrected chi connectivity index (χ4v) is 4.18. The zero-order valence-electron chi connectivity index (χ0n) is 16.1. The van der Waals surface area contributed by atoms with Gasteiger partial charge in [-0.15, -0.1) is 11.3 Å². The summed E-state index contributed by atoms with van der Waals surface area (Å²) in [5, 5.41) is 0.538. The monoisotopic (exact) mass is 384 g/mol. The SMILES string of the molecule is CCCc1nc2sc(-c3ccccc3)cc2c(=O)n1C(C)(C)C(=O)OCC. The zero-order valence-corrected chi connectivity index (χ0v) is 16.9. The van der Waals surface area contributed by atoms with Crippen LogP contribution in [0.1, 0.15) is 39.9 Å². The van der Waals surface area contributed by atoms with Gasteiger partial charge in [0.05, 0.1) is 12.0 Å². The second-order valence-electron chi connectivity index (χ2n) is 6.89. The maximum absolute atomic E-state index is 13.3. The Morgan fingerprint density at radius 1 is 1.22 bits per heavy atom. The quantitative estimate of drug-likeness (QED) is 0.592. The van der Waals surface area contributed by atoms with Gasteiger partial charge in [0.25, 0.3) is 5.56 Å². The number of thiophene rings is 1. The Hall–Kier alpha value is -2.47. The lowest BCUT2D eigenvalue weighted by molar-refractivity contribution is -0.152. The number of aryl methyl sites for hydroxylation is 1. The molecule has 2 aromatic heterocycles. The summed E-state index contributed by atoms with van der Waals surface area (Å²) in [4.78, 5) is 32.3. The first-order valence-electron chi connectivity index (χ1n) is 9.18. The number of nitrogens with zero attached hydrogens (tertiary/aromatic N) is 2. The first-order chi connectivity index (χ1) is 12.9. The number of fused-ring (bicyclic) bond motifs is 1. The Morgan fingerprint density at radius 3 is 2.56 bits per heavy atom. The normalized spacial score (nSPS) is 11.7. The van der Waals surface area contributed by atoms with E-state index in [0.29, 0.717) is 22.5 Å². The van der Waals surface area contributed by atoms with Gasteiger partial charge < -0.3 is 4.74 Å². The fourth-order valence-electron chi connectivity index (χ4n) is 3.13. The van der Waals surface area contributed by atoms with Crippen molar-refractivity contribution >= 4 is 27.5 Å². The predicted molar refractivity (Wildman–Crippen MR) is 109 cm³/mol. The van der Waals surface area contributed by atoms with E-state index in [1.807, 2.05) is 43.3 Å². The molecule has 0 bridgehead atoms. The smallest absolute Gasteiger partial charge is 0.331 e. The molecule has 0 fully saturated rings. The minimum atomic E-state index is -1.12. The first-order valence-corrected chi connectivity index (χ1v) is 10.00. The van der Waals surface area contributed by atoms with E-state index in [0.717, 1.165) is 16.9 Å². The van der Waals surface area contributed by atoms with Crippen LogP contribution >= 0.6 is 11.3 Å². The third-order valence-electron chi connectivity index (χ3n) is 4.50. The second kappa shape index (κ2) is 7.64. The Kier molecular flexibility index (Phi) is 5.46. The number of esters is 1. The third-order valence-corrected chi connectivity index (χ3v) is 5.58. The van der Waals surface area contributed by atoms with E-state index in [9.17, 15) is 9.59 Å². The average Bonchev–Trinajstić information content (AvgIpc) is 3.07. The molecule has 0 amide bonds. The summed E-state index contributed by atoms with van der Waals surface area (Å²) >= 11 is 1.50. The Bertz CT molecular complexity index is 1020. The van der Waals surface area contributed by atoms with Crippen molar-refractivity contribution in [2.75, 3.05) is 6.61 Å². The van der Waals surface area contributed by atoms with Crippen LogP contribution in [0.25, 0.3) is 20.7 Å². The lowest BCUT2D eigenvalue weighted by atomic mass is 10.0. The van der Waals surface area contributed by atoms with Gasteiger partial charge in [-0.3, -0.25) is 9.36 Å². The van der Waals surface area contributed by atoms with Crippen LogP contribution in [-0.4, -0.2) is 22.1 Å². The number of rotatable bonds is 6. The molecular weight excluding hydrogens is 360 g/mol. The molecule has 0 aliphatic carbocycles. The summed E-state index contributed by atoms with van der Waals surface area (Å²) in [5.74, 6) is 0.193. The molecule has 3 rings (SSSR count). The number of aromatic nitrogens is 2. The van der Waals surface area contributed by atoms with Crippen LogP contribution in [0.2, 0.25) is 0 Å². The van der Waals surface area contributed by atoms with Crippen LogP contribution in [-0.2, 0) is 21.5 Å². The van der Waals surface area contributed by atoms with E-state index >= 15 is 0 Å². The maximum Gasteiger partial charge on any atom is 0.331 e. The standard InChI is InChI=1S/C21H24N2O3S/c1-5-10-17-22-18-15(13-16(27-18)14-11-8-7-9-12-14)19(24)23(17)21(3,4)20(25)26-6-2/h7-9,11-13H,5-6,10H2,1-4H3. The number of ether oxygens (including phenoxy) is 1. The molecule has 2 heterocycles. The summed E-state index contributed by atoms with van der Waals surface area (Å²) < 4.78 is 6.72. The van der Waals surface area contributed by atoms with Crippen LogP contribution in [0.15, 0.2) is 41.2 Å². The van der Waals surface area contributed by atoms with Crippen LogP contribution in [0.5, 0.6) is 0 Å². The Morgan fingerprint density at radius 2 is 1.93 bits per heavy atom. The van der Waals surface area contributed by atoms with Gasteiger partial charge in [0.15, 0.2) is 0 Å². The van der Waals surface area contributed by atoms with Crippen LogP contribution in [0, 0.1) is 0 Å². The van der Waals surface area contributed by atoms with Crippen molar-refractivity contribution in [3.8, 4) is 10.4 Å². The highest BCUT2D eigenvalue weighted by Crippen LogP contribution is 2.32. The number of hydrogen-bond donors (Lipinski definition) is 0. The minimum Gasteiger partial charge on any atom is -0.464 e. The summed E-state index contributed by atoms with van der Waals surface area (Å²) in [7, 11) is 0. The van der Waals surface area contributed by atoms with E-state index in [1.54, 1.807) is 20.8 Å². The van der Waals surface area contributed by atoms with E-state index in [4.69, 9.17) is 9.72 Å². The fraction of sp³-hybridized carbons (Fsp3) is 0.381. The first kappa shape index (κ1) is 19.3. The van der Waals surface area contributed by atoms with Crippen molar-refractivity contribution in [2.24, 2.45) is 0 Å². The highest BCUT2D eigenvalue weighted by molar-refractivity contribution is 7.21. The number of carbonyl (C=O) groups excluding carboxylic acids is 1. The zero-order chi connectivity index (χ0) is 19.6. The van der Waals surface area contributed by atoms with Crippen molar-refractivity contribution < 1.29 is 9.53 Å². The Balaban J connectivity index is 2.24. The summed E-state index contributed by atoms with van der Waals surface area (Å²) in [6, 6.07) is 11.8. The molecule has 142 valence electrons. The van der Waals surface area contributed by atoms with E-state index in [2.05, 4.69) is 0 Å². The van der Waals surface area contributed by atoms with Crippen LogP contribution in [0.4, 0.5) is 0 Å². The maximum atomic E-state index is 13.3. The molecular formula is C21H24N2O3S. The largest absolute Gasteiger partial charge is 0.464 e. The van der Waals surface area contributed by atoms with E-state index in [1.165, 1.54) is 15.9 Å². The third kappa shape index (κ3) is 3.54. The molecule has 0 atom stereocenters. The molecule has 1 aromatic carbocycles. The summed E-state index contributed by atoms with van der Waals surface area (Å²) in [6.07, 6.45) is 1.44. The number of hydrogen-bond acceptors (Lipinski definition) is 5. The molecule has 0 unspecified atom stereocenters. The summed E-state index contributed by atoms with van der Waals surface area (Å²) in [6.45, 7) is 7.48. The van der Waals surface area contributed by atoms with Gasteiger partial charge >= 0.3 is 5.97 Å². The lowest BCUT2D eigenvalue weighted by Gasteiger charge is -2.27. The molecule has 0 saturated carbocycles. The molecule has 0 saturated heterocycles. The second-order valence-corrected chi connectivity index (χ2v) is 7.92. The van der Waals surface area contributed by atoms with Gasteiger partial charge in [-0.1, -0.05) is 37.3 Å². The van der Waals surface area contributed by atoms with Crippen molar-refractivity contribution in [1.82, 2.24) is 9.55 Å². The highest BCUT2D eigenvalue weighted by Gasteiger charge is 2.35. The van der Waals surface area contributed by atoms with Gasteiger partial charge in [0.1, 0.15) is 16.2 Å². The van der Waals surface area contributed by atoms with Gasteiger partial charge in [0, 0.05) is 11.3 Å². The molecule has 0 radical (unpaired) electrons. The van der Waals surface area contributed by atoms with Crippen LogP contribution in [0.3, 0.4) is 0 Å². The topological polar surface area (TPSA) is 61.2 Å². The molecule has 0 aliphatic heterocycles. The van der Waals surface area contributed by atoms with E-state index in [-0.39, 0.29) is 12.2 Å². The van der Waals surface area contributed by atoms with Gasteiger partial charge in [-0.25, -0.2) is 9.78 Å². The lowest BCUT2D eigenvalue weighted by Crippen LogP contribution is -2.45. The minimum absolute atomic E-state index is 0.195.